The lowest BCUT2D eigenvalue weighted by Crippen LogP contribution is -1.92. The number of nitrogens with zero attached hydrogens (tertiary/aromatic N) is 1. The summed E-state index contributed by atoms with van der Waals surface area (Å²) in [5.74, 6) is -0.438. The van der Waals surface area contributed by atoms with Crippen molar-refractivity contribution in [3.05, 3.63) is 38.0 Å². The zero-order chi connectivity index (χ0) is 11.1. The highest BCUT2D eigenvalue weighted by Gasteiger charge is 2.06. The summed E-state index contributed by atoms with van der Waals surface area (Å²) in [5, 5.41) is 1.95. The van der Waals surface area contributed by atoms with Crippen LogP contribution in [0.1, 0.15) is 0 Å². The van der Waals surface area contributed by atoms with E-state index in [4.69, 9.17) is 4.42 Å². The Morgan fingerprint density at radius 2 is 2.31 bits per heavy atom. The molecule has 0 fully saturated rings. The van der Waals surface area contributed by atoms with Crippen LogP contribution in [0.25, 0.3) is 22.4 Å². The first-order chi connectivity index (χ1) is 7.72. The van der Waals surface area contributed by atoms with Crippen LogP contribution in [0.3, 0.4) is 0 Å². The maximum Gasteiger partial charge on any atom is 0.417 e. The van der Waals surface area contributed by atoms with Crippen molar-refractivity contribution in [2.45, 2.75) is 0 Å². The summed E-state index contributed by atoms with van der Waals surface area (Å²) in [7, 11) is 0. The molecule has 0 unspecified atom stereocenters. The number of rotatable bonds is 1. The lowest BCUT2D eigenvalue weighted by atomic mass is 10.1. The number of aromatic amines is 1. The highest BCUT2D eigenvalue weighted by molar-refractivity contribution is 9.11. The van der Waals surface area contributed by atoms with Crippen LogP contribution in [0.5, 0.6) is 0 Å². The summed E-state index contributed by atoms with van der Waals surface area (Å²) >= 11 is 4.83. The fourth-order valence-electron chi connectivity index (χ4n) is 1.50. The standard InChI is InChI=1S/C10H5BrN2O2S/c11-9-12-7(4-16-9)5-1-2-8-6(3-5)13-10(14)15-8/h1-4H,(H,13,14). The van der Waals surface area contributed by atoms with Crippen molar-refractivity contribution in [1.82, 2.24) is 9.97 Å². The molecule has 1 N–H and O–H groups in total. The summed E-state index contributed by atoms with van der Waals surface area (Å²) in [5.41, 5.74) is 3.07. The number of halogens is 1. The summed E-state index contributed by atoms with van der Waals surface area (Å²) in [6, 6.07) is 5.48. The fraction of sp³-hybridized carbons (Fsp3) is 0. The second-order valence-corrected chi connectivity index (χ2v) is 5.35. The van der Waals surface area contributed by atoms with Gasteiger partial charge in [-0.15, -0.1) is 11.3 Å². The maximum absolute atomic E-state index is 11.0. The molecule has 80 valence electrons. The third-order valence-corrected chi connectivity index (χ3v) is 3.56. The van der Waals surface area contributed by atoms with Gasteiger partial charge in [0.25, 0.3) is 0 Å². The van der Waals surface area contributed by atoms with Gasteiger partial charge >= 0.3 is 5.76 Å². The molecule has 4 nitrogen and oxygen atoms in total. The van der Waals surface area contributed by atoms with Gasteiger partial charge < -0.3 is 4.42 Å². The Bertz CT molecular complexity index is 713. The molecule has 3 rings (SSSR count). The molecule has 0 saturated carbocycles. The highest BCUT2D eigenvalue weighted by Crippen LogP contribution is 2.26. The van der Waals surface area contributed by atoms with Crippen molar-refractivity contribution in [2.75, 3.05) is 0 Å². The molecule has 3 aromatic rings. The van der Waals surface area contributed by atoms with E-state index in [1.807, 2.05) is 17.5 Å². The molecule has 0 radical (unpaired) electrons. The van der Waals surface area contributed by atoms with Crippen molar-refractivity contribution in [3.8, 4) is 11.3 Å². The third kappa shape index (κ3) is 1.60. The number of H-pyrrole nitrogens is 1. The van der Waals surface area contributed by atoms with Crippen LogP contribution in [0.2, 0.25) is 0 Å². The topological polar surface area (TPSA) is 58.9 Å². The smallest absolute Gasteiger partial charge is 0.408 e. The fourth-order valence-corrected chi connectivity index (χ4v) is 2.52. The first-order valence-corrected chi connectivity index (χ1v) is 6.14. The van der Waals surface area contributed by atoms with E-state index >= 15 is 0 Å². The number of oxazole rings is 1. The molecule has 2 aromatic heterocycles. The molecule has 6 heteroatoms. The Kier molecular flexibility index (Phi) is 2.19. The van der Waals surface area contributed by atoms with Gasteiger partial charge in [0.2, 0.25) is 0 Å². The number of aromatic nitrogens is 2. The number of nitrogens with one attached hydrogen (secondary N) is 1. The molecule has 0 amide bonds. The molecule has 0 bridgehead atoms. The van der Waals surface area contributed by atoms with E-state index in [0.29, 0.717) is 11.1 Å². The van der Waals surface area contributed by atoms with Gasteiger partial charge in [-0.3, -0.25) is 4.98 Å². The van der Waals surface area contributed by atoms with Gasteiger partial charge in [-0.05, 0) is 34.1 Å². The van der Waals surface area contributed by atoms with E-state index in [0.717, 1.165) is 15.2 Å². The summed E-state index contributed by atoms with van der Waals surface area (Å²) in [6.07, 6.45) is 0. The maximum atomic E-state index is 11.0. The Morgan fingerprint density at radius 1 is 1.44 bits per heavy atom. The first-order valence-electron chi connectivity index (χ1n) is 4.47. The van der Waals surface area contributed by atoms with E-state index in [2.05, 4.69) is 25.9 Å². The van der Waals surface area contributed by atoms with Crippen LogP contribution < -0.4 is 5.76 Å². The van der Waals surface area contributed by atoms with Gasteiger partial charge in [0, 0.05) is 10.9 Å². The van der Waals surface area contributed by atoms with Gasteiger partial charge in [-0.1, -0.05) is 0 Å². The van der Waals surface area contributed by atoms with E-state index in [1.54, 1.807) is 6.07 Å². The third-order valence-electron chi connectivity index (χ3n) is 2.19. The number of fused-ring (bicyclic) bond motifs is 1. The predicted octanol–water partition coefficient (Wildman–Crippen LogP) is 3.01. The molecule has 0 aliphatic carbocycles. The molecule has 2 heterocycles. The Labute approximate surface area is 102 Å². The molecular weight excluding hydrogens is 292 g/mol. The van der Waals surface area contributed by atoms with Crippen LogP contribution in [0.15, 0.2) is 36.7 Å². The zero-order valence-corrected chi connectivity index (χ0v) is 10.3. The van der Waals surface area contributed by atoms with Crippen LogP contribution in [0.4, 0.5) is 0 Å². The summed E-state index contributed by atoms with van der Waals surface area (Å²) < 4.78 is 5.76. The Hall–Kier alpha value is -1.40. The van der Waals surface area contributed by atoms with Crippen LogP contribution >= 0.6 is 27.3 Å². The number of hydrogen-bond donors (Lipinski definition) is 1. The molecule has 16 heavy (non-hydrogen) atoms. The molecule has 0 aliphatic rings. The minimum atomic E-state index is -0.438. The van der Waals surface area contributed by atoms with Crippen LogP contribution in [-0.4, -0.2) is 9.97 Å². The van der Waals surface area contributed by atoms with E-state index < -0.39 is 5.76 Å². The van der Waals surface area contributed by atoms with Crippen molar-refractivity contribution < 1.29 is 4.42 Å². The summed E-state index contributed by atoms with van der Waals surface area (Å²) in [4.78, 5) is 17.9. The SMILES string of the molecule is O=c1[nH]c2cc(-c3csc(Br)n3)ccc2o1. The van der Waals surface area contributed by atoms with Crippen LogP contribution in [0, 0.1) is 0 Å². The predicted molar refractivity (Wildman–Crippen MR) is 65.6 cm³/mol. The Morgan fingerprint density at radius 3 is 3.06 bits per heavy atom. The molecule has 0 atom stereocenters. The van der Waals surface area contributed by atoms with Gasteiger partial charge in [0.15, 0.2) is 9.50 Å². The summed E-state index contributed by atoms with van der Waals surface area (Å²) in [6.45, 7) is 0. The second kappa shape index (κ2) is 3.57. The minimum Gasteiger partial charge on any atom is -0.408 e. The lowest BCUT2D eigenvalue weighted by Gasteiger charge is -1.94. The van der Waals surface area contributed by atoms with Gasteiger partial charge in [-0.2, -0.15) is 0 Å². The minimum absolute atomic E-state index is 0.438. The van der Waals surface area contributed by atoms with E-state index in [-0.39, 0.29) is 0 Å². The largest absolute Gasteiger partial charge is 0.417 e. The lowest BCUT2D eigenvalue weighted by molar-refractivity contribution is 0.555. The second-order valence-electron chi connectivity index (χ2n) is 3.21. The molecule has 0 spiro atoms. The average Bonchev–Trinajstić information content (AvgIpc) is 2.81. The quantitative estimate of drug-likeness (QED) is 0.751. The zero-order valence-electron chi connectivity index (χ0n) is 7.86. The van der Waals surface area contributed by atoms with Crippen molar-refractivity contribution in [1.29, 1.82) is 0 Å². The van der Waals surface area contributed by atoms with E-state index in [9.17, 15) is 4.79 Å². The monoisotopic (exact) mass is 296 g/mol. The molecule has 0 saturated heterocycles. The van der Waals surface area contributed by atoms with Gasteiger partial charge in [-0.25, -0.2) is 9.78 Å². The highest BCUT2D eigenvalue weighted by atomic mass is 79.9. The van der Waals surface area contributed by atoms with Crippen LogP contribution in [-0.2, 0) is 0 Å². The molecule has 1 aromatic carbocycles. The average molecular weight is 297 g/mol. The van der Waals surface area contributed by atoms with Crippen molar-refractivity contribution in [2.24, 2.45) is 0 Å². The van der Waals surface area contributed by atoms with Crippen molar-refractivity contribution in [3.63, 3.8) is 0 Å². The Balaban J connectivity index is 2.21. The first kappa shape index (κ1) is 9.80. The van der Waals surface area contributed by atoms with Crippen molar-refractivity contribution >= 4 is 38.4 Å². The molecular formula is C10H5BrN2O2S. The van der Waals surface area contributed by atoms with Gasteiger partial charge in [0.1, 0.15) is 0 Å². The number of hydrogen-bond acceptors (Lipinski definition) is 4. The number of benzene rings is 1. The number of thiazole rings is 1. The molecule has 0 aliphatic heterocycles. The van der Waals surface area contributed by atoms with E-state index in [1.165, 1.54) is 11.3 Å². The van der Waals surface area contributed by atoms with Gasteiger partial charge in [0.05, 0.1) is 11.2 Å². The normalized spacial score (nSPS) is 11.1.